The number of ketones is 1. The van der Waals surface area contributed by atoms with Crippen molar-refractivity contribution in [2.24, 2.45) is 0 Å². The molecule has 4 nitrogen and oxygen atoms in total. The van der Waals surface area contributed by atoms with Gasteiger partial charge < -0.3 is 4.90 Å². The van der Waals surface area contributed by atoms with Crippen LogP contribution < -0.4 is 0 Å². The predicted octanol–water partition coefficient (Wildman–Crippen LogP) is 4.39. The van der Waals surface area contributed by atoms with Gasteiger partial charge in [0, 0.05) is 53.9 Å². The molecule has 2 heterocycles. The Labute approximate surface area is 172 Å². The van der Waals surface area contributed by atoms with Crippen LogP contribution in [0.1, 0.15) is 53.6 Å². The molecule has 1 aromatic heterocycles. The van der Waals surface area contributed by atoms with Crippen LogP contribution in [0.4, 0.5) is 4.39 Å². The zero-order valence-corrected chi connectivity index (χ0v) is 17.2. The van der Waals surface area contributed by atoms with Crippen LogP contribution in [0.25, 0.3) is 0 Å². The van der Waals surface area contributed by atoms with E-state index in [4.69, 9.17) is 0 Å². The number of hydrogen-bond acceptors (Lipinski definition) is 3. The van der Waals surface area contributed by atoms with Crippen molar-refractivity contribution < 1.29 is 14.0 Å². The van der Waals surface area contributed by atoms with E-state index in [1.165, 1.54) is 6.07 Å². The predicted molar refractivity (Wildman–Crippen MR) is 110 cm³/mol. The van der Waals surface area contributed by atoms with Gasteiger partial charge in [0.25, 0.3) is 0 Å². The standard InChI is InChI=1S/C21H22FIN2O2/c22-19-13-17(23)7-6-15(19)12-16-14-24-9-8-18(16)20(26)4-1-2-10-25-11-3-5-21(25)27/h6-9,13-14H,1-5,10-12H2. The number of halogens is 2. The first-order valence-electron chi connectivity index (χ1n) is 9.22. The summed E-state index contributed by atoms with van der Waals surface area (Å²) in [5.41, 5.74) is 1.92. The van der Waals surface area contributed by atoms with Crippen molar-refractivity contribution >= 4 is 34.3 Å². The van der Waals surface area contributed by atoms with Gasteiger partial charge in [-0.25, -0.2) is 4.39 Å². The Hall–Kier alpha value is -1.83. The zero-order chi connectivity index (χ0) is 19.2. The van der Waals surface area contributed by atoms with Crippen LogP contribution >= 0.6 is 22.6 Å². The Balaban J connectivity index is 1.59. The molecule has 1 saturated heterocycles. The topological polar surface area (TPSA) is 50.3 Å². The Bertz CT molecular complexity index is 841. The molecule has 0 atom stereocenters. The number of likely N-dealkylation sites (tertiary alicyclic amines) is 1. The molecule has 0 N–H and O–H groups in total. The Kier molecular flexibility index (Phi) is 6.93. The van der Waals surface area contributed by atoms with E-state index in [-0.39, 0.29) is 17.5 Å². The summed E-state index contributed by atoms with van der Waals surface area (Å²) in [4.78, 5) is 30.2. The minimum atomic E-state index is -0.264. The van der Waals surface area contributed by atoms with Crippen LogP contribution in [-0.4, -0.2) is 34.7 Å². The van der Waals surface area contributed by atoms with Crippen molar-refractivity contribution in [1.29, 1.82) is 0 Å². The van der Waals surface area contributed by atoms with Crippen molar-refractivity contribution in [3.8, 4) is 0 Å². The monoisotopic (exact) mass is 480 g/mol. The summed E-state index contributed by atoms with van der Waals surface area (Å²) in [6, 6.07) is 6.82. The van der Waals surface area contributed by atoms with Crippen LogP contribution in [-0.2, 0) is 11.2 Å². The maximum atomic E-state index is 14.2. The number of amides is 1. The highest BCUT2D eigenvalue weighted by Crippen LogP contribution is 2.20. The Morgan fingerprint density at radius 3 is 2.81 bits per heavy atom. The normalized spacial score (nSPS) is 14.0. The van der Waals surface area contributed by atoms with Crippen molar-refractivity contribution in [2.45, 2.75) is 38.5 Å². The molecule has 0 radical (unpaired) electrons. The molecule has 27 heavy (non-hydrogen) atoms. The number of rotatable bonds is 8. The third-order valence-corrected chi connectivity index (χ3v) is 5.52. The van der Waals surface area contributed by atoms with Gasteiger partial charge in [-0.3, -0.25) is 14.6 Å². The van der Waals surface area contributed by atoms with E-state index in [2.05, 4.69) is 27.6 Å². The van der Waals surface area contributed by atoms with E-state index < -0.39 is 0 Å². The second-order valence-corrected chi connectivity index (χ2v) is 8.06. The summed E-state index contributed by atoms with van der Waals surface area (Å²) in [6.45, 7) is 1.56. The van der Waals surface area contributed by atoms with Gasteiger partial charge in [0.15, 0.2) is 5.78 Å². The number of benzene rings is 1. The molecule has 1 fully saturated rings. The van der Waals surface area contributed by atoms with Crippen LogP contribution in [0.2, 0.25) is 0 Å². The number of pyridine rings is 1. The fourth-order valence-corrected chi connectivity index (χ4v) is 3.83. The van der Waals surface area contributed by atoms with Gasteiger partial charge in [0.2, 0.25) is 5.91 Å². The van der Waals surface area contributed by atoms with E-state index >= 15 is 0 Å². The second kappa shape index (κ2) is 9.39. The van der Waals surface area contributed by atoms with E-state index in [1.54, 1.807) is 24.5 Å². The molecule has 0 saturated carbocycles. The van der Waals surface area contributed by atoms with E-state index in [1.807, 2.05) is 11.0 Å². The average molecular weight is 480 g/mol. The lowest BCUT2D eigenvalue weighted by atomic mass is 9.97. The minimum Gasteiger partial charge on any atom is -0.343 e. The fraction of sp³-hybridized carbons (Fsp3) is 0.381. The van der Waals surface area contributed by atoms with Crippen LogP contribution in [0, 0.1) is 9.39 Å². The highest BCUT2D eigenvalue weighted by atomic mass is 127. The zero-order valence-electron chi connectivity index (χ0n) is 15.1. The van der Waals surface area contributed by atoms with Crippen LogP contribution in [0.15, 0.2) is 36.7 Å². The van der Waals surface area contributed by atoms with Crippen molar-refractivity contribution in [1.82, 2.24) is 9.88 Å². The number of aromatic nitrogens is 1. The van der Waals surface area contributed by atoms with E-state index in [9.17, 15) is 14.0 Å². The first-order chi connectivity index (χ1) is 13.0. The molecule has 1 aromatic carbocycles. The summed E-state index contributed by atoms with van der Waals surface area (Å²) in [7, 11) is 0. The van der Waals surface area contributed by atoms with Crippen LogP contribution in [0.3, 0.4) is 0 Å². The first kappa shape index (κ1) is 19.9. The quantitative estimate of drug-likeness (QED) is 0.320. The summed E-state index contributed by atoms with van der Waals surface area (Å²) in [5, 5.41) is 0. The maximum absolute atomic E-state index is 14.2. The van der Waals surface area contributed by atoms with Crippen molar-refractivity contribution in [3.63, 3.8) is 0 Å². The molecule has 142 valence electrons. The highest BCUT2D eigenvalue weighted by molar-refractivity contribution is 14.1. The molecular weight excluding hydrogens is 458 g/mol. The lowest BCUT2D eigenvalue weighted by molar-refractivity contribution is -0.127. The SMILES string of the molecule is O=C(CCCCN1CCCC1=O)c1ccncc1Cc1ccc(I)cc1F. The van der Waals surface area contributed by atoms with Gasteiger partial charge >= 0.3 is 0 Å². The maximum Gasteiger partial charge on any atom is 0.222 e. The third-order valence-electron chi connectivity index (χ3n) is 4.85. The number of Topliss-reactive ketones (excluding diaryl/α,β-unsaturated/α-hetero) is 1. The van der Waals surface area contributed by atoms with E-state index in [0.717, 1.165) is 41.5 Å². The first-order valence-corrected chi connectivity index (χ1v) is 10.3. The molecule has 1 amide bonds. The molecule has 0 unspecified atom stereocenters. The molecule has 0 aliphatic carbocycles. The lowest BCUT2D eigenvalue weighted by Crippen LogP contribution is -2.25. The van der Waals surface area contributed by atoms with Gasteiger partial charge in [-0.2, -0.15) is 0 Å². The highest BCUT2D eigenvalue weighted by Gasteiger charge is 2.19. The summed E-state index contributed by atoms with van der Waals surface area (Å²) >= 11 is 2.07. The molecule has 6 heteroatoms. The van der Waals surface area contributed by atoms with Gasteiger partial charge in [0.1, 0.15) is 5.82 Å². The largest absolute Gasteiger partial charge is 0.343 e. The number of hydrogen-bond donors (Lipinski definition) is 0. The van der Waals surface area contributed by atoms with Crippen LogP contribution in [0.5, 0.6) is 0 Å². The fourth-order valence-electron chi connectivity index (χ4n) is 3.37. The lowest BCUT2D eigenvalue weighted by Gasteiger charge is -2.15. The van der Waals surface area contributed by atoms with Crippen molar-refractivity contribution in [2.75, 3.05) is 13.1 Å². The Morgan fingerprint density at radius 2 is 2.07 bits per heavy atom. The molecule has 0 spiro atoms. The molecule has 3 rings (SSSR count). The molecule has 1 aliphatic rings. The number of unbranched alkanes of at least 4 members (excludes halogenated alkanes) is 1. The number of carbonyl (C=O) groups excluding carboxylic acids is 2. The molecule has 2 aromatic rings. The molecule has 1 aliphatic heterocycles. The average Bonchev–Trinajstić information content (AvgIpc) is 3.06. The van der Waals surface area contributed by atoms with Gasteiger partial charge in [-0.15, -0.1) is 0 Å². The third kappa shape index (κ3) is 5.34. The number of carbonyl (C=O) groups is 2. The second-order valence-electron chi connectivity index (χ2n) is 6.81. The Morgan fingerprint density at radius 1 is 1.22 bits per heavy atom. The number of nitrogens with zero attached hydrogens (tertiary/aromatic N) is 2. The molecule has 0 bridgehead atoms. The molecular formula is C21H22FIN2O2. The van der Waals surface area contributed by atoms with Gasteiger partial charge in [0.05, 0.1) is 0 Å². The van der Waals surface area contributed by atoms with Crippen molar-refractivity contribution in [3.05, 3.63) is 62.7 Å². The summed E-state index contributed by atoms with van der Waals surface area (Å²) in [5.74, 6) is 0.00259. The van der Waals surface area contributed by atoms with E-state index in [0.29, 0.717) is 30.4 Å². The summed E-state index contributed by atoms with van der Waals surface area (Å²) < 4.78 is 15.0. The van der Waals surface area contributed by atoms with Gasteiger partial charge in [-0.1, -0.05) is 6.07 Å². The minimum absolute atomic E-state index is 0.0473. The van der Waals surface area contributed by atoms with Gasteiger partial charge in [-0.05, 0) is 71.2 Å². The smallest absolute Gasteiger partial charge is 0.222 e. The summed E-state index contributed by atoms with van der Waals surface area (Å²) in [6.07, 6.45) is 7.17.